The van der Waals surface area contributed by atoms with Gasteiger partial charge in [-0.3, -0.25) is 14.8 Å². The lowest BCUT2D eigenvalue weighted by molar-refractivity contribution is 0.0434. The van der Waals surface area contributed by atoms with E-state index >= 15 is 0 Å². The summed E-state index contributed by atoms with van der Waals surface area (Å²) in [7, 11) is 0. The van der Waals surface area contributed by atoms with Crippen molar-refractivity contribution in [1.82, 2.24) is 14.9 Å². The van der Waals surface area contributed by atoms with Crippen LogP contribution in [0.1, 0.15) is 70.4 Å². The van der Waals surface area contributed by atoms with Crippen LogP contribution >= 0.6 is 11.6 Å². The summed E-state index contributed by atoms with van der Waals surface area (Å²) < 4.78 is 0. The van der Waals surface area contributed by atoms with Crippen molar-refractivity contribution in [2.75, 3.05) is 0 Å². The highest BCUT2D eigenvalue weighted by Crippen LogP contribution is 2.34. The molecule has 2 aromatic heterocycles. The van der Waals surface area contributed by atoms with Crippen LogP contribution in [-0.2, 0) is 5.41 Å². The zero-order chi connectivity index (χ0) is 24.6. The third-order valence-electron chi connectivity index (χ3n) is 6.80. The number of aromatic nitrogens is 2. The van der Waals surface area contributed by atoms with Crippen LogP contribution in [0.4, 0.5) is 0 Å². The topological polar surface area (TPSA) is 46.1 Å². The van der Waals surface area contributed by atoms with E-state index in [9.17, 15) is 4.79 Å². The van der Waals surface area contributed by atoms with Crippen LogP contribution < -0.4 is 0 Å². The number of likely N-dealkylation sites (tertiary alicyclic amines) is 1. The minimum Gasteiger partial charge on any atom is -0.333 e. The molecule has 1 fully saturated rings. The molecule has 1 saturated heterocycles. The highest BCUT2D eigenvalue weighted by molar-refractivity contribution is 6.33. The second kappa shape index (κ2) is 9.50. The number of pyridine rings is 2. The molecule has 4 nitrogen and oxygen atoms in total. The number of carbonyl (C=O) groups is 1. The maximum atomic E-state index is 13.3. The van der Waals surface area contributed by atoms with Crippen LogP contribution in [0.3, 0.4) is 0 Å². The number of benzene rings is 1. The molecule has 2 atom stereocenters. The fourth-order valence-electron chi connectivity index (χ4n) is 5.12. The molecule has 3 aromatic rings. The first-order chi connectivity index (χ1) is 16.0. The lowest BCUT2D eigenvalue weighted by atomic mass is 9.88. The van der Waals surface area contributed by atoms with E-state index in [0.29, 0.717) is 16.5 Å². The average molecular weight is 476 g/mol. The number of piperidine rings is 1. The Hall–Kier alpha value is -2.72. The van der Waals surface area contributed by atoms with E-state index in [-0.39, 0.29) is 23.4 Å². The van der Waals surface area contributed by atoms with Gasteiger partial charge >= 0.3 is 0 Å². The third kappa shape index (κ3) is 5.02. The summed E-state index contributed by atoms with van der Waals surface area (Å²) in [5.41, 5.74) is 5.50. The zero-order valence-corrected chi connectivity index (χ0v) is 21.7. The van der Waals surface area contributed by atoms with E-state index in [0.717, 1.165) is 40.8 Å². The molecule has 4 rings (SSSR count). The molecule has 2 unspecified atom stereocenters. The van der Waals surface area contributed by atoms with Crippen LogP contribution in [0.15, 0.2) is 55.0 Å². The molecular formula is C29H34ClN3O. The molecule has 178 valence electrons. The summed E-state index contributed by atoms with van der Waals surface area (Å²) in [6.07, 6.45) is 7.59. The van der Waals surface area contributed by atoms with Gasteiger partial charge in [0, 0.05) is 69.1 Å². The third-order valence-corrected chi connectivity index (χ3v) is 7.11. The highest BCUT2D eigenvalue weighted by Gasteiger charge is 2.32. The largest absolute Gasteiger partial charge is 0.333 e. The Balaban J connectivity index is 1.63. The van der Waals surface area contributed by atoms with Crippen molar-refractivity contribution in [1.29, 1.82) is 0 Å². The Bertz CT molecular complexity index is 1190. The smallest absolute Gasteiger partial charge is 0.254 e. The molecular weight excluding hydrogens is 442 g/mol. The average Bonchev–Trinajstić information content (AvgIpc) is 2.78. The first-order valence-corrected chi connectivity index (χ1v) is 12.5. The molecule has 1 amide bonds. The Morgan fingerprint density at radius 2 is 1.62 bits per heavy atom. The summed E-state index contributed by atoms with van der Waals surface area (Å²) in [4.78, 5) is 24.4. The van der Waals surface area contributed by atoms with Crippen molar-refractivity contribution in [2.45, 2.75) is 71.9 Å². The second-order valence-corrected chi connectivity index (χ2v) is 11.2. The van der Waals surface area contributed by atoms with Gasteiger partial charge in [0.05, 0.1) is 0 Å². The molecule has 0 bridgehead atoms. The molecule has 5 heteroatoms. The summed E-state index contributed by atoms with van der Waals surface area (Å²) in [5.74, 6) is 0.693. The monoisotopic (exact) mass is 475 g/mol. The van der Waals surface area contributed by atoms with E-state index < -0.39 is 0 Å². The molecule has 0 radical (unpaired) electrons. The van der Waals surface area contributed by atoms with Gasteiger partial charge in [-0.1, -0.05) is 45.4 Å². The Labute approximate surface area is 208 Å². The SMILES string of the molecule is CC1CC(C)N(C(=O)c2ccc(-c3cncc(-c4ccnc(C(C)(C)C)c4)c3)c(Cl)c2)C(C)C1. The molecule has 0 spiro atoms. The predicted octanol–water partition coefficient (Wildman–Crippen LogP) is 7.41. The molecule has 1 aromatic carbocycles. The standard InChI is InChI=1S/C29H34ClN3O/c1-18-11-19(2)33(20(3)12-18)28(34)22-7-8-25(26(30)14-22)24-13-23(16-31-17-24)21-9-10-32-27(15-21)29(4,5)6/h7-10,13-20H,11-12H2,1-6H3. The van der Waals surface area contributed by atoms with Crippen LogP contribution in [0, 0.1) is 5.92 Å². The van der Waals surface area contributed by atoms with E-state index in [4.69, 9.17) is 11.6 Å². The van der Waals surface area contributed by atoms with Crippen LogP contribution in [0.2, 0.25) is 5.02 Å². The summed E-state index contributed by atoms with van der Waals surface area (Å²) in [6, 6.07) is 12.3. The number of amides is 1. The van der Waals surface area contributed by atoms with Gasteiger partial charge < -0.3 is 4.90 Å². The van der Waals surface area contributed by atoms with Gasteiger partial charge in [0.2, 0.25) is 0 Å². The minimum atomic E-state index is -0.0336. The van der Waals surface area contributed by atoms with Crippen LogP contribution in [0.25, 0.3) is 22.3 Å². The second-order valence-electron chi connectivity index (χ2n) is 10.8. The van der Waals surface area contributed by atoms with E-state index in [1.54, 1.807) is 6.07 Å². The molecule has 0 aliphatic carbocycles. The number of hydrogen-bond donors (Lipinski definition) is 0. The van der Waals surface area contributed by atoms with E-state index in [2.05, 4.69) is 63.6 Å². The molecule has 1 aliphatic rings. The van der Waals surface area contributed by atoms with Gasteiger partial charge in [0.25, 0.3) is 5.91 Å². The lowest BCUT2D eigenvalue weighted by Crippen LogP contribution is -2.49. The van der Waals surface area contributed by atoms with Crippen molar-refractivity contribution in [3.63, 3.8) is 0 Å². The molecule has 0 N–H and O–H groups in total. The van der Waals surface area contributed by atoms with Gasteiger partial charge in [-0.05, 0) is 68.5 Å². The maximum Gasteiger partial charge on any atom is 0.254 e. The highest BCUT2D eigenvalue weighted by atomic mass is 35.5. The zero-order valence-electron chi connectivity index (χ0n) is 21.0. The Morgan fingerprint density at radius 1 is 0.941 bits per heavy atom. The summed E-state index contributed by atoms with van der Waals surface area (Å²) in [6.45, 7) is 13.0. The predicted molar refractivity (Wildman–Crippen MR) is 140 cm³/mol. The molecule has 0 saturated carbocycles. The Morgan fingerprint density at radius 3 is 2.26 bits per heavy atom. The Kier molecular flexibility index (Phi) is 6.82. The fourth-order valence-corrected chi connectivity index (χ4v) is 5.41. The van der Waals surface area contributed by atoms with Crippen molar-refractivity contribution in [3.05, 3.63) is 71.3 Å². The van der Waals surface area contributed by atoms with Gasteiger partial charge in [-0.15, -0.1) is 0 Å². The summed E-state index contributed by atoms with van der Waals surface area (Å²) >= 11 is 6.72. The minimum absolute atomic E-state index is 0.0336. The summed E-state index contributed by atoms with van der Waals surface area (Å²) in [5, 5.41) is 0.556. The van der Waals surface area contributed by atoms with Crippen molar-refractivity contribution in [3.8, 4) is 22.3 Å². The van der Waals surface area contributed by atoms with Crippen molar-refractivity contribution < 1.29 is 4.79 Å². The van der Waals surface area contributed by atoms with Crippen molar-refractivity contribution >= 4 is 17.5 Å². The van der Waals surface area contributed by atoms with Crippen molar-refractivity contribution in [2.24, 2.45) is 5.92 Å². The quantitative estimate of drug-likeness (QED) is 0.396. The fraction of sp³-hybridized carbons (Fsp3) is 0.414. The molecule has 1 aliphatic heterocycles. The van der Waals surface area contributed by atoms with Gasteiger partial charge in [-0.2, -0.15) is 0 Å². The van der Waals surface area contributed by atoms with Gasteiger partial charge in [0.1, 0.15) is 0 Å². The number of carbonyl (C=O) groups excluding carboxylic acids is 1. The normalized spacial score (nSPS) is 20.9. The lowest BCUT2D eigenvalue weighted by Gasteiger charge is -2.42. The molecule has 3 heterocycles. The van der Waals surface area contributed by atoms with Gasteiger partial charge in [0.15, 0.2) is 0 Å². The number of rotatable bonds is 3. The number of halogens is 1. The van der Waals surface area contributed by atoms with Gasteiger partial charge in [-0.25, -0.2) is 0 Å². The first kappa shape index (κ1) is 24.4. The molecule has 34 heavy (non-hydrogen) atoms. The van der Waals surface area contributed by atoms with E-state index in [1.807, 2.05) is 41.7 Å². The van der Waals surface area contributed by atoms with Crippen LogP contribution in [0.5, 0.6) is 0 Å². The maximum absolute atomic E-state index is 13.3. The van der Waals surface area contributed by atoms with Crippen LogP contribution in [-0.4, -0.2) is 32.9 Å². The number of nitrogens with zero attached hydrogens (tertiary/aromatic N) is 3. The van der Waals surface area contributed by atoms with E-state index in [1.165, 1.54) is 0 Å². The first-order valence-electron chi connectivity index (χ1n) is 12.1. The number of hydrogen-bond acceptors (Lipinski definition) is 3.